The summed E-state index contributed by atoms with van der Waals surface area (Å²) < 4.78 is 27.8. The molecule has 0 saturated carbocycles. The fraction of sp³-hybridized carbons (Fsp3) is 0.381. The predicted molar refractivity (Wildman–Crippen MR) is 113 cm³/mol. The Hall–Kier alpha value is -1.89. The zero-order valence-electron chi connectivity index (χ0n) is 16.3. The molecule has 0 aliphatic carbocycles. The summed E-state index contributed by atoms with van der Waals surface area (Å²) in [6.45, 7) is 6.10. The SMILES string of the molecule is Cc1cc(Cl)ccc1NC(=O)c1cc(S(=O)(=O)N2CCCCC2C)ccc1C. The van der Waals surface area contributed by atoms with Crippen LogP contribution >= 0.6 is 11.6 Å². The molecule has 2 aromatic rings. The normalized spacial score (nSPS) is 18.1. The van der Waals surface area contributed by atoms with Crippen LogP contribution < -0.4 is 5.32 Å². The molecule has 1 N–H and O–H groups in total. The molecule has 1 aliphatic rings. The number of benzene rings is 2. The number of carbonyl (C=O) groups is 1. The molecule has 28 heavy (non-hydrogen) atoms. The Kier molecular flexibility index (Phi) is 6.12. The Morgan fingerprint density at radius 3 is 2.54 bits per heavy atom. The Balaban J connectivity index is 1.91. The van der Waals surface area contributed by atoms with Gasteiger partial charge in [0.1, 0.15) is 0 Å². The third kappa shape index (κ3) is 4.24. The molecule has 3 rings (SSSR count). The second-order valence-electron chi connectivity index (χ2n) is 7.35. The number of aryl methyl sites for hydroxylation is 2. The number of nitrogens with zero attached hydrogens (tertiary/aromatic N) is 1. The number of rotatable bonds is 4. The van der Waals surface area contributed by atoms with Gasteiger partial charge in [0.2, 0.25) is 10.0 Å². The number of anilines is 1. The van der Waals surface area contributed by atoms with E-state index >= 15 is 0 Å². The molecular formula is C21H25ClN2O3S. The molecule has 1 heterocycles. The fourth-order valence-corrected chi connectivity index (χ4v) is 5.48. The molecule has 0 bridgehead atoms. The second kappa shape index (κ2) is 8.23. The van der Waals surface area contributed by atoms with Crippen LogP contribution in [-0.4, -0.2) is 31.2 Å². The first kappa shape index (κ1) is 20.8. The number of piperidine rings is 1. The van der Waals surface area contributed by atoms with Gasteiger partial charge in [-0.15, -0.1) is 0 Å². The van der Waals surface area contributed by atoms with Crippen LogP contribution in [0.5, 0.6) is 0 Å². The minimum absolute atomic E-state index is 0.0333. The highest BCUT2D eigenvalue weighted by molar-refractivity contribution is 7.89. The number of hydrogen-bond acceptors (Lipinski definition) is 3. The average molecular weight is 421 g/mol. The van der Waals surface area contributed by atoms with Crippen molar-refractivity contribution in [1.82, 2.24) is 4.31 Å². The maximum Gasteiger partial charge on any atom is 0.255 e. The number of carbonyl (C=O) groups excluding carboxylic acids is 1. The standard InChI is InChI=1S/C21H25ClN2O3S/c1-14-7-9-18(28(26,27)24-11-5-4-6-16(24)3)13-19(14)21(25)23-20-10-8-17(22)12-15(20)2/h7-10,12-13,16H,4-6,11H2,1-3H3,(H,23,25). The van der Waals surface area contributed by atoms with Gasteiger partial charge in [-0.25, -0.2) is 8.42 Å². The smallest absolute Gasteiger partial charge is 0.255 e. The van der Waals surface area contributed by atoms with E-state index in [2.05, 4.69) is 5.32 Å². The summed E-state index contributed by atoms with van der Waals surface area (Å²) in [6, 6.07) is 9.92. The minimum Gasteiger partial charge on any atom is -0.322 e. The predicted octanol–water partition coefficient (Wildman–Crippen LogP) is 4.77. The maximum atomic E-state index is 13.1. The van der Waals surface area contributed by atoms with Crippen molar-refractivity contribution in [3.8, 4) is 0 Å². The molecule has 1 aliphatic heterocycles. The lowest BCUT2D eigenvalue weighted by Gasteiger charge is -2.32. The number of hydrogen-bond donors (Lipinski definition) is 1. The molecule has 150 valence electrons. The molecule has 5 nitrogen and oxygen atoms in total. The van der Waals surface area contributed by atoms with E-state index in [4.69, 9.17) is 11.6 Å². The quantitative estimate of drug-likeness (QED) is 0.774. The van der Waals surface area contributed by atoms with Crippen LogP contribution in [0.25, 0.3) is 0 Å². The van der Waals surface area contributed by atoms with Gasteiger partial charge in [-0.3, -0.25) is 4.79 Å². The highest BCUT2D eigenvalue weighted by atomic mass is 35.5. The van der Waals surface area contributed by atoms with Gasteiger partial charge in [0.05, 0.1) is 4.90 Å². The Morgan fingerprint density at radius 1 is 1.11 bits per heavy atom. The van der Waals surface area contributed by atoms with Crippen molar-refractivity contribution in [3.63, 3.8) is 0 Å². The van der Waals surface area contributed by atoms with E-state index in [-0.39, 0.29) is 16.8 Å². The molecule has 0 aromatic heterocycles. The highest BCUT2D eigenvalue weighted by Crippen LogP contribution is 2.27. The summed E-state index contributed by atoms with van der Waals surface area (Å²) >= 11 is 5.97. The summed E-state index contributed by atoms with van der Waals surface area (Å²) in [5, 5.41) is 3.45. The van der Waals surface area contributed by atoms with E-state index in [1.54, 1.807) is 41.6 Å². The van der Waals surface area contributed by atoms with E-state index in [0.717, 1.165) is 30.4 Å². The molecule has 1 atom stereocenters. The van der Waals surface area contributed by atoms with E-state index in [1.165, 1.54) is 6.07 Å². The van der Waals surface area contributed by atoms with Gasteiger partial charge in [-0.2, -0.15) is 4.31 Å². The van der Waals surface area contributed by atoms with Crippen molar-refractivity contribution in [3.05, 3.63) is 58.1 Å². The molecular weight excluding hydrogens is 396 g/mol. The van der Waals surface area contributed by atoms with E-state index in [1.807, 2.05) is 13.8 Å². The van der Waals surface area contributed by atoms with Crippen molar-refractivity contribution < 1.29 is 13.2 Å². The van der Waals surface area contributed by atoms with E-state index in [9.17, 15) is 13.2 Å². The lowest BCUT2D eigenvalue weighted by molar-refractivity contribution is 0.102. The second-order valence-corrected chi connectivity index (χ2v) is 9.68. The summed E-state index contributed by atoms with van der Waals surface area (Å²) in [6.07, 6.45) is 2.75. The van der Waals surface area contributed by atoms with Gasteiger partial charge in [0.15, 0.2) is 0 Å². The molecule has 0 radical (unpaired) electrons. The molecule has 0 spiro atoms. The maximum absolute atomic E-state index is 13.1. The summed E-state index contributed by atoms with van der Waals surface area (Å²) in [5.41, 5.74) is 2.55. The van der Waals surface area contributed by atoms with Crippen LogP contribution in [0.3, 0.4) is 0 Å². The zero-order chi connectivity index (χ0) is 20.5. The molecule has 1 saturated heterocycles. The summed E-state index contributed by atoms with van der Waals surface area (Å²) in [5.74, 6) is -0.341. The van der Waals surface area contributed by atoms with Crippen LogP contribution in [0.15, 0.2) is 41.3 Å². The van der Waals surface area contributed by atoms with Crippen molar-refractivity contribution in [2.45, 2.75) is 51.0 Å². The number of nitrogens with one attached hydrogen (secondary N) is 1. The lowest BCUT2D eigenvalue weighted by Crippen LogP contribution is -2.42. The topological polar surface area (TPSA) is 66.5 Å². The van der Waals surface area contributed by atoms with Crippen LogP contribution in [0.4, 0.5) is 5.69 Å². The first-order chi connectivity index (χ1) is 13.2. The first-order valence-corrected chi connectivity index (χ1v) is 11.2. The van der Waals surface area contributed by atoms with Crippen LogP contribution in [0.1, 0.15) is 47.7 Å². The molecule has 2 aromatic carbocycles. The van der Waals surface area contributed by atoms with Crippen molar-refractivity contribution in [2.75, 3.05) is 11.9 Å². The molecule has 1 fully saturated rings. The van der Waals surface area contributed by atoms with Crippen LogP contribution in [0, 0.1) is 13.8 Å². The van der Waals surface area contributed by atoms with Gasteiger partial charge < -0.3 is 5.32 Å². The van der Waals surface area contributed by atoms with E-state index in [0.29, 0.717) is 22.8 Å². The largest absolute Gasteiger partial charge is 0.322 e. The van der Waals surface area contributed by atoms with Crippen molar-refractivity contribution in [2.24, 2.45) is 0 Å². The van der Waals surface area contributed by atoms with Gasteiger partial charge in [-0.1, -0.05) is 24.1 Å². The number of halogens is 1. The van der Waals surface area contributed by atoms with Crippen molar-refractivity contribution >= 4 is 33.2 Å². The third-order valence-corrected chi connectivity index (χ3v) is 7.48. The summed E-state index contributed by atoms with van der Waals surface area (Å²) in [7, 11) is -3.63. The van der Waals surface area contributed by atoms with Gasteiger partial charge in [0.25, 0.3) is 5.91 Å². The molecule has 1 amide bonds. The number of amides is 1. The Morgan fingerprint density at radius 2 is 1.86 bits per heavy atom. The molecule has 7 heteroatoms. The van der Waals surface area contributed by atoms with Crippen LogP contribution in [-0.2, 0) is 10.0 Å². The molecule has 1 unspecified atom stereocenters. The fourth-order valence-electron chi connectivity index (χ4n) is 3.53. The van der Waals surface area contributed by atoms with Gasteiger partial charge >= 0.3 is 0 Å². The summed E-state index contributed by atoms with van der Waals surface area (Å²) in [4.78, 5) is 13.0. The zero-order valence-corrected chi connectivity index (χ0v) is 17.9. The van der Waals surface area contributed by atoms with Crippen molar-refractivity contribution in [1.29, 1.82) is 0 Å². The lowest BCUT2D eigenvalue weighted by atomic mass is 10.1. The van der Waals surface area contributed by atoms with Crippen LogP contribution in [0.2, 0.25) is 5.02 Å². The third-order valence-electron chi connectivity index (χ3n) is 5.24. The monoisotopic (exact) mass is 420 g/mol. The van der Waals surface area contributed by atoms with E-state index < -0.39 is 10.0 Å². The number of sulfonamides is 1. The highest BCUT2D eigenvalue weighted by Gasteiger charge is 2.31. The first-order valence-electron chi connectivity index (χ1n) is 9.40. The Labute approximate surface area is 171 Å². The van der Waals surface area contributed by atoms with Gasteiger partial charge in [-0.05, 0) is 75.1 Å². The Bertz CT molecular complexity index is 1000. The van der Waals surface area contributed by atoms with Gasteiger partial charge in [0, 0.05) is 28.9 Å². The average Bonchev–Trinajstić information content (AvgIpc) is 2.64. The minimum atomic E-state index is -3.63.